The first-order valence-corrected chi connectivity index (χ1v) is 12.7. The number of H-pyrrole nitrogens is 1. The molecule has 2 atom stereocenters. The van der Waals surface area contributed by atoms with Gasteiger partial charge in [0.15, 0.2) is 0 Å². The molecule has 1 aliphatic heterocycles. The molecule has 1 saturated heterocycles. The van der Waals surface area contributed by atoms with E-state index in [1.54, 1.807) is 0 Å². The lowest BCUT2D eigenvalue weighted by Gasteiger charge is -2.29. The number of benzene rings is 1. The van der Waals surface area contributed by atoms with Crippen LogP contribution in [-0.2, 0) is 0 Å². The van der Waals surface area contributed by atoms with E-state index in [1.807, 2.05) is 6.07 Å². The standard InChI is InChI=1S/C26H35N7O/c27-16-18-6-5-7-20(14-18)30-23-15-22-24(26(34)29-17-28-22)25(32-23)31-19-8-10-21(11-9-19)33-12-3-1-2-4-13-33/h8-11,15,17-18,20H,1-7,12-14,16,27H2,(H,28,29,34)(H2,30,31,32). The van der Waals surface area contributed by atoms with E-state index in [9.17, 15) is 4.79 Å². The molecule has 0 amide bonds. The van der Waals surface area contributed by atoms with Crippen LogP contribution in [0.3, 0.4) is 0 Å². The lowest BCUT2D eigenvalue weighted by molar-refractivity contribution is 0.342. The molecule has 8 heteroatoms. The number of fused-ring (bicyclic) bond motifs is 1. The number of pyridine rings is 1. The van der Waals surface area contributed by atoms with Gasteiger partial charge in [0.2, 0.25) is 0 Å². The third-order valence-electron chi connectivity index (χ3n) is 7.19. The Labute approximate surface area is 200 Å². The van der Waals surface area contributed by atoms with Crippen molar-refractivity contribution in [1.29, 1.82) is 0 Å². The summed E-state index contributed by atoms with van der Waals surface area (Å²) in [5, 5.41) is 7.42. The van der Waals surface area contributed by atoms with Gasteiger partial charge in [-0.25, -0.2) is 9.97 Å². The average Bonchev–Trinajstić information content (AvgIpc) is 3.14. The molecule has 8 nitrogen and oxygen atoms in total. The van der Waals surface area contributed by atoms with Crippen molar-refractivity contribution in [1.82, 2.24) is 15.0 Å². The Bertz CT molecular complexity index is 1150. The lowest BCUT2D eigenvalue weighted by atomic mass is 9.86. The zero-order chi connectivity index (χ0) is 23.3. The van der Waals surface area contributed by atoms with E-state index < -0.39 is 0 Å². The number of anilines is 4. The third kappa shape index (κ3) is 5.17. The molecule has 34 heavy (non-hydrogen) atoms. The SMILES string of the molecule is NCC1CCCC(Nc2cc3nc[nH]c(=O)c3c(Nc3ccc(N4CCCCCC4)cc3)n2)C1. The third-order valence-corrected chi connectivity index (χ3v) is 7.19. The largest absolute Gasteiger partial charge is 0.372 e. The first-order chi connectivity index (χ1) is 16.7. The maximum atomic E-state index is 12.6. The molecule has 5 rings (SSSR count). The predicted octanol–water partition coefficient (Wildman–Crippen LogP) is 4.37. The second kappa shape index (κ2) is 10.4. The van der Waals surface area contributed by atoms with Gasteiger partial charge >= 0.3 is 0 Å². The molecular weight excluding hydrogens is 426 g/mol. The highest BCUT2D eigenvalue weighted by molar-refractivity contribution is 5.92. The Morgan fingerprint density at radius 3 is 2.62 bits per heavy atom. The maximum Gasteiger partial charge on any atom is 0.262 e. The molecule has 2 aliphatic rings. The quantitative estimate of drug-likeness (QED) is 0.431. The second-order valence-electron chi connectivity index (χ2n) is 9.66. The number of nitrogens with two attached hydrogens (primary N) is 1. The summed E-state index contributed by atoms with van der Waals surface area (Å²) >= 11 is 0. The van der Waals surface area contributed by atoms with Crippen molar-refractivity contribution >= 4 is 33.9 Å². The van der Waals surface area contributed by atoms with Gasteiger partial charge in [0, 0.05) is 36.6 Å². The number of nitrogens with one attached hydrogen (secondary N) is 3. The molecule has 1 aliphatic carbocycles. The van der Waals surface area contributed by atoms with Gasteiger partial charge in [-0.3, -0.25) is 4.79 Å². The van der Waals surface area contributed by atoms with E-state index >= 15 is 0 Å². The van der Waals surface area contributed by atoms with Crippen molar-refractivity contribution in [2.45, 2.75) is 57.4 Å². The summed E-state index contributed by atoms with van der Waals surface area (Å²) in [7, 11) is 0. The molecule has 0 radical (unpaired) electrons. The summed E-state index contributed by atoms with van der Waals surface area (Å²) < 4.78 is 0. The van der Waals surface area contributed by atoms with Crippen molar-refractivity contribution in [2.24, 2.45) is 11.7 Å². The lowest BCUT2D eigenvalue weighted by Crippen LogP contribution is -2.31. The number of rotatable bonds is 6. The Balaban J connectivity index is 1.40. The van der Waals surface area contributed by atoms with Crippen LogP contribution in [0.2, 0.25) is 0 Å². The molecule has 1 aromatic carbocycles. The molecular formula is C26H35N7O. The van der Waals surface area contributed by atoms with E-state index in [1.165, 1.54) is 50.5 Å². The summed E-state index contributed by atoms with van der Waals surface area (Å²) in [6.45, 7) is 2.94. The van der Waals surface area contributed by atoms with Crippen molar-refractivity contribution < 1.29 is 0 Å². The van der Waals surface area contributed by atoms with Crippen LogP contribution >= 0.6 is 0 Å². The van der Waals surface area contributed by atoms with E-state index in [4.69, 9.17) is 10.7 Å². The van der Waals surface area contributed by atoms with Crippen molar-refractivity contribution in [3.63, 3.8) is 0 Å². The molecule has 2 unspecified atom stereocenters. The van der Waals surface area contributed by atoms with Gasteiger partial charge in [-0.15, -0.1) is 0 Å². The molecule has 1 saturated carbocycles. The molecule has 0 spiro atoms. The van der Waals surface area contributed by atoms with Gasteiger partial charge < -0.3 is 26.3 Å². The maximum absolute atomic E-state index is 12.6. The van der Waals surface area contributed by atoms with Crippen LogP contribution < -0.4 is 26.8 Å². The molecule has 180 valence electrons. The van der Waals surface area contributed by atoms with Gasteiger partial charge in [0.1, 0.15) is 17.0 Å². The Morgan fingerprint density at radius 1 is 1.06 bits per heavy atom. The van der Waals surface area contributed by atoms with Crippen LogP contribution in [0.1, 0.15) is 51.4 Å². The number of aromatic nitrogens is 3. The van der Waals surface area contributed by atoms with Crippen LogP contribution in [0, 0.1) is 5.92 Å². The fraction of sp³-hybridized carbons (Fsp3) is 0.500. The summed E-state index contributed by atoms with van der Waals surface area (Å²) in [6, 6.07) is 10.6. The van der Waals surface area contributed by atoms with Gasteiger partial charge in [-0.1, -0.05) is 19.3 Å². The number of aromatic amines is 1. The molecule has 2 fully saturated rings. The van der Waals surface area contributed by atoms with E-state index in [0.717, 1.165) is 44.0 Å². The van der Waals surface area contributed by atoms with Gasteiger partial charge in [-0.05, 0) is 68.8 Å². The smallest absolute Gasteiger partial charge is 0.262 e. The normalized spacial score (nSPS) is 21.3. The van der Waals surface area contributed by atoms with Crippen LogP contribution in [0.15, 0.2) is 41.5 Å². The van der Waals surface area contributed by atoms with Crippen LogP contribution in [-0.4, -0.2) is 40.6 Å². The van der Waals surface area contributed by atoms with Crippen LogP contribution in [0.25, 0.3) is 10.9 Å². The van der Waals surface area contributed by atoms with Crippen molar-refractivity contribution in [2.75, 3.05) is 35.2 Å². The van der Waals surface area contributed by atoms with Gasteiger partial charge in [0.05, 0.1) is 11.8 Å². The minimum absolute atomic E-state index is 0.200. The fourth-order valence-electron chi connectivity index (χ4n) is 5.32. The monoisotopic (exact) mass is 461 g/mol. The molecule has 3 aromatic rings. The second-order valence-corrected chi connectivity index (χ2v) is 9.66. The van der Waals surface area contributed by atoms with Gasteiger partial charge in [-0.2, -0.15) is 0 Å². The highest BCUT2D eigenvalue weighted by atomic mass is 16.1. The first kappa shape index (κ1) is 22.7. The highest BCUT2D eigenvalue weighted by Crippen LogP contribution is 2.29. The predicted molar refractivity (Wildman–Crippen MR) is 139 cm³/mol. The summed E-state index contributed by atoms with van der Waals surface area (Å²) in [6.07, 6.45) is 11.1. The average molecular weight is 462 g/mol. The van der Waals surface area contributed by atoms with E-state index in [0.29, 0.717) is 28.7 Å². The topological polar surface area (TPSA) is 112 Å². The first-order valence-electron chi connectivity index (χ1n) is 12.7. The number of nitrogens with zero attached hydrogens (tertiary/aromatic N) is 3. The molecule has 5 N–H and O–H groups in total. The van der Waals surface area contributed by atoms with Crippen molar-refractivity contribution in [3.8, 4) is 0 Å². The Kier molecular flexibility index (Phi) is 6.94. The minimum atomic E-state index is -0.200. The van der Waals surface area contributed by atoms with E-state index in [2.05, 4.69) is 49.8 Å². The molecule has 0 bridgehead atoms. The Morgan fingerprint density at radius 2 is 1.85 bits per heavy atom. The van der Waals surface area contributed by atoms with Gasteiger partial charge in [0.25, 0.3) is 5.56 Å². The zero-order valence-corrected chi connectivity index (χ0v) is 19.7. The summed E-state index contributed by atoms with van der Waals surface area (Å²) in [4.78, 5) is 27.0. The summed E-state index contributed by atoms with van der Waals surface area (Å²) in [5.74, 6) is 1.80. The molecule has 2 aromatic heterocycles. The number of hydrogen-bond donors (Lipinski definition) is 4. The molecule has 3 heterocycles. The zero-order valence-electron chi connectivity index (χ0n) is 19.7. The van der Waals surface area contributed by atoms with E-state index in [-0.39, 0.29) is 5.56 Å². The van der Waals surface area contributed by atoms with Crippen LogP contribution in [0.4, 0.5) is 23.0 Å². The number of hydrogen-bond acceptors (Lipinski definition) is 7. The van der Waals surface area contributed by atoms with Crippen LogP contribution in [0.5, 0.6) is 0 Å². The van der Waals surface area contributed by atoms with Crippen molar-refractivity contribution in [3.05, 3.63) is 47.0 Å². The fourth-order valence-corrected chi connectivity index (χ4v) is 5.32. The Hall–Kier alpha value is -3.13. The minimum Gasteiger partial charge on any atom is -0.372 e. The highest BCUT2D eigenvalue weighted by Gasteiger charge is 2.22. The summed E-state index contributed by atoms with van der Waals surface area (Å²) in [5.41, 5.74) is 8.48.